The Kier molecular flexibility index (Phi) is 10.2. The average molecular weight is 750 g/mol. The molecule has 2 bridgehead atoms. The molecule has 1 amide bonds. The third-order valence-corrected chi connectivity index (χ3v) is 12.3. The molecule has 0 spiro atoms. The maximum absolute atomic E-state index is 14.6. The molecule has 3 aliphatic carbocycles. The first kappa shape index (κ1) is 39.6. The second-order valence-corrected chi connectivity index (χ2v) is 16.9. The summed E-state index contributed by atoms with van der Waals surface area (Å²) in [5.41, 5.74) is -6.43. The molecule has 1 aliphatic heterocycles. The molecule has 1 saturated heterocycles. The van der Waals surface area contributed by atoms with Gasteiger partial charge >= 0.3 is 18.0 Å². The lowest BCUT2D eigenvalue weighted by Crippen LogP contribution is -2.80. The van der Waals surface area contributed by atoms with Gasteiger partial charge in [0.15, 0.2) is 6.10 Å². The smallest absolute Gasteiger partial charge is 0.408 e. The van der Waals surface area contributed by atoms with Crippen molar-refractivity contribution in [3.63, 3.8) is 0 Å². The van der Waals surface area contributed by atoms with E-state index in [0.29, 0.717) is 16.7 Å². The zero-order valence-electron chi connectivity index (χ0n) is 31.7. The molecule has 5 N–H and O–H groups in total. The van der Waals surface area contributed by atoms with Gasteiger partial charge in [0.1, 0.15) is 34.8 Å². The Hall–Kier alpha value is -4.14. The molecule has 10 atom stereocenters. The van der Waals surface area contributed by atoms with Crippen LogP contribution in [0.2, 0.25) is 0 Å². The third kappa shape index (κ3) is 6.53. The number of esters is 2. The Balaban J connectivity index is 1.42. The normalized spacial score (nSPS) is 34.1. The van der Waals surface area contributed by atoms with Crippen LogP contribution in [-0.4, -0.2) is 98.2 Å². The van der Waals surface area contributed by atoms with E-state index < -0.39 is 93.9 Å². The summed E-state index contributed by atoms with van der Waals surface area (Å²) in [6, 6.07) is 15.1. The highest BCUT2D eigenvalue weighted by molar-refractivity contribution is 5.91. The average Bonchev–Trinajstić information content (AvgIpc) is 3.11. The van der Waals surface area contributed by atoms with Gasteiger partial charge in [-0.05, 0) is 57.9 Å². The van der Waals surface area contributed by atoms with Crippen LogP contribution in [0.5, 0.6) is 0 Å². The number of rotatable bonds is 7. The third-order valence-electron chi connectivity index (χ3n) is 12.3. The van der Waals surface area contributed by atoms with Gasteiger partial charge < -0.3 is 44.7 Å². The zero-order chi connectivity index (χ0) is 39.6. The van der Waals surface area contributed by atoms with Crippen LogP contribution in [-0.2, 0) is 28.5 Å². The first-order chi connectivity index (χ1) is 25.1. The van der Waals surface area contributed by atoms with Gasteiger partial charge in [0.05, 0.1) is 35.8 Å². The zero-order valence-corrected chi connectivity index (χ0v) is 31.7. The van der Waals surface area contributed by atoms with E-state index in [1.165, 1.54) is 19.1 Å². The Bertz CT molecular complexity index is 1820. The van der Waals surface area contributed by atoms with E-state index in [0.717, 1.165) is 0 Å². The number of amides is 1. The highest BCUT2D eigenvalue weighted by Gasteiger charge is 2.75. The van der Waals surface area contributed by atoms with Crippen molar-refractivity contribution in [3.05, 3.63) is 82.9 Å². The van der Waals surface area contributed by atoms with E-state index in [9.17, 15) is 39.6 Å². The van der Waals surface area contributed by atoms with Crippen molar-refractivity contribution < 1.29 is 58.6 Å². The number of ether oxygens (including phenoxy) is 4. The minimum atomic E-state index is -2.13. The Labute approximate surface area is 314 Å². The van der Waals surface area contributed by atoms with Crippen molar-refractivity contribution in [2.24, 2.45) is 16.7 Å². The predicted molar refractivity (Wildman–Crippen MR) is 193 cm³/mol. The van der Waals surface area contributed by atoms with E-state index in [4.69, 9.17) is 18.9 Å². The van der Waals surface area contributed by atoms with Gasteiger partial charge in [-0.25, -0.2) is 14.4 Å². The molecule has 292 valence electrons. The largest absolute Gasteiger partial charge is 0.456 e. The van der Waals surface area contributed by atoms with Crippen molar-refractivity contribution >= 4 is 23.8 Å². The van der Waals surface area contributed by atoms with Crippen LogP contribution < -0.4 is 5.32 Å². The van der Waals surface area contributed by atoms with Gasteiger partial charge in [0.2, 0.25) is 0 Å². The summed E-state index contributed by atoms with van der Waals surface area (Å²) in [6.45, 7) is 11.4. The number of carbonyl (C=O) groups excluding carboxylic acids is 4. The maximum atomic E-state index is 14.6. The quantitative estimate of drug-likeness (QED) is 0.157. The summed E-state index contributed by atoms with van der Waals surface area (Å²) in [6.07, 6.45) is -8.67. The topological polar surface area (TPSA) is 198 Å². The number of hydrogen-bond donors (Lipinski definition) is 5. The number of benzene rings is 2. The number of fused-ring (bicyclic) bond motifs is 5. The molecular weight excluding hydrogens is 698 g/mol. The van der Waals surface area contributed by atoms with E-state index in [-0.39, 0.29) is 31.4 Å². The Morgan fingerprint density at radius 3 is 2.15 bits per heavy atom. The van der Waals surface area contributed by atoms with Crippen molar-refractivity contribution in [1.82, 2.24) is 5.32 Å². The predicted octanol–water partition coefficient (Wildman–Crippen LogP) is 3.72. The summed E-state index contributed by atoms with van der Waals surface area (Å²) in [7, 11) is 0. The second-order valence-electron chi connectivity index (χ2n) is 16.9. The summed E-state index contributed by atoms with van der Waals surface area (Å²) in [5.74, 6) is -3.78. The fraction of sp³-hybridized carbons (Fsp3) is 0.561. The van der Waals surface area contributed by atoms with Crippen molar-refractivity contribution in [3.8, 4) is 0 Å². The lowest BCUT2D eigenvalue weighted by atomic mass is 9.45. The minimum absolute atomic E-state index is 0.0491. The standard InChI is InChI=1S/C41H51NO12/c1-22-25-18-27(43)39(7)28(44)19-29-40(49,21-51-29)32(39)33(53-34(46)24-16-12-9-13-17-24)41(50,38(25,5)6)20-26(22)52-35(47)31(45)30(23-14-10-8-11-15-23)42-36(48)54-37(2,3)4/h8-17,26,28-33,44-45,49-50H,18-21H2,1-7H3,(H,42,48)/t26?,28-,29+,30-,31+,32-,33-,39+,40-,41+/m0/s1. The molecule has 3 fully saturated rings. The van der Waals surface area contributed by atoms with Crippen LogP contribution >= 0.6 is 0 Å². The fourth-order valence-electron chi connectivity index (χ4n) is 8.98. The summed E-state index contributed by atoms with van der Waals surface area (Å²) < 4.78 is 23.3. The SMILES string of the molecule is CC1=C2CC(=O)[C@@]3(C)[C@H]([C@H](OC(=O)c4ccccc4)[C@](O)(CC1OC(=O)[C@H](O)[C@@H](NC(=O)OC(C)(C)C)c1ccccc1)C2(C)C)[C@]1(O)CO[C@@H]1C[C@@H]3O. The molecule has 2 aromatic rings. The highest BCUT2D eigenvalue weighted by Crippen LogP contribution is 2.63. The first-order valence-corrected chi connectivity index (χ1v) is 18.3. The van der Waals surface area contributed by atoms with Crippen LogP contribution in [0.25, 0.3) is 0 Å². The van der Waals surface area contributed by atoms with Crippen molar-refractivity contribution in [2.75, 3.05) is 6.61 Å². The van der Waals surface area contributed by atoms with E-state index in [2.05, 4.69) is 5.32 Å². The van der Waals surface area contributed by atoms with E-state index in [1.54, 1.807) is 90.1 Å². The van der Waals surface area contributed by atoms with E-state index in [1.807, 2.05) is 0 Å². The first-order valence-electron chi connectivity index (χ1n) is 18.3. The van der Waals surface area contributed by atoms with Crippen LogP contribution in [0.1, 0.15) is 89.7 Å². The minimum Gasteiger partial charge on any atom is -0.456 e. The summed E-state index contributed by atoms with van der Waals surface area (Å²) in [5, 5.41) is 51.2. The second kappa shape index (κ2) is 13.9. The number of hydrogen-bond acceptors (Lipinski definition) is 12. The molecule has 13 nitrogen and oxygen atoms in total. The molecule has 6 rings (SSSR count). The molecule has 0 radical (unpaired) electrons. The van der Waals surface area contributed by atoms with Crippen molar-refractivity contribution in [1.29, 1.82) is 0 Å². The lowest BCUT2D eigenvalue weighted by molar-refractivity contribution is -0.342. The number of carbonyl (C=O) groups is 4. The number of Topliss-reactive ketones (excluding diaryl/α,β-unsaturated/α-hetero) is 1. The molecule has 4 aliphatic rings. The monoisotopic (exact) mass is 749 g/mol. The van der Waals surface area contributed by atoms with Crippen LogP contribution in [0.3, 0.4) is 0 Å². The van der Waals surface area contributed by atoms with Crippen LogP contribution in [0, 0.1) is 16.7 Å². The number of aliphatic hydroxyl groups excluding tert-OH is 2. The number of alkyl carbamates (subject to hydrolysis) is 1. The molecule has 0 aromatic heterocycles. The van der Waals surface area contributed by atoms with Gasteiger partial charge in [-0.2, -0.15) is 0 Å². The van der Waals surface area contributed by atoms with Gasteiger partial charge in [-0.3, -0.25) is 4.79 Å². The van der Waals surface area contributed by atoms with Crippen LogP contribution in [0.4, 0.5) is 4.79 Å². The maximum Gasteiger partial charge on any atom is 0.408 e. The van der Waals surface area contributed by atoms with Crippen LogP contribution in [0.15, 0.2) is 71.8 Å². The van der Waals surface area contributed by atoms with Gasteiger partial charge in [0, 0.05) is 30.6 Å². The molecule has 13 heteroatoms. The Morgan fingerprint density at radius 2 is 1.57 bits per heavy atom. The number of nitrogens with one attached hydrogen (secondary N) is 1. The lowest BCUT2D eigenvalue weighted by Gasteiger charge is -2.66. The molecule has 1 heterocycles. The molecule has 2 aromatic carbocycles. The van der Waals surface area contributed by atoms with Gasteiger partial charge in [-0.15, -0.1) is 0 Å². The highest BCUT2D eigenvalue weighted by atomic mass is 16.6. The number of ketones is 1. The molecule has 54 heavy (non-hydrogen) atoms. The molecular formula is C41H51NO12. The van der Waals surface area contributed by atoms with Gasteiger partial charge in [0.25, 0.3) is 0 Å². The van der Waals surface area contributed by atoms with Crippen molar-refractivity contribution in [2.45, 2.75) is 121 Å². The molecule has 2 saturated carbocycles. The fourth-order valence-corrected chi connectivity index (χ4v) is 8.98. The summed E-state index contributed by atoms with van der Waals surface area (Å²) in [4.78, 5) is 55.3. The van der Waals surface area contributed by atoms with E-state index >= 15 is 0 Å². The van der Waals surface area contributed by atoms with Gasteiger partial charge in [-0.1, -0.05) is 68.0 Å². The Morgan fingerprint density at radius 1 is 0.963 bits per heavy atom. The summed E-state index contributed by atoms with van der Waals surface area (Å²) >= 11 is 0. The molecule has 1 unspecified atom stereocenters. The number of aliphatic hydroxyl groups is 4.